The molecule has 1 saturated carbocycles. The molecule has 2 aliphatic heterocycles. The summed E-state index contributed by atoms with van der Waals surface area (Å²) in [6.45, 7) is 12.1. The van der Waals surface area contributed by atoms with Gasteiger partial charge < -0.3 is 14.8 Å². The number of nitrogens with zero attached hydrogens (tertiary/aromatic N) is 5. The molecular weight excluding hydrogens is 569 g/mol. The molecule has 2 unspecified atom stereocenters. The maximum atomic E-state index is 12.9. The van der Waals surface area contributed by atoms with Gasteiger partial charge in [-0.1, -0.05) is 12.5 Å². The number of fused-ring (bicyclic) bond motifs is 3. The van der Waals surface area contributed by atoms with Gasteiger partial charge >= 0.3 is 6.18 Å². The van der Waals surface area contributed by atoms with Crippen molar-refractivity contribution >= 4 is 38.3 Å². The lowest BCUT2D eigenvalue weighted by Crippen LogP contribution is -2.39. The van der Waals surface area contributed by atoms with E-state index in [1.165, 1.54) is 66.4 Å². The second-order valence-electron chi connectivity index (χ2n) is 13.1. The molecule has 0 radical (unpaired) electrons. The summed E-state index contributed by atoms with van der Waals surface area (Å²) in [5.41, 5.74) is 5.46. The zero-order chi connectivity index (χ0) is 29.7. The molecule has 1 aliphatic carbocycles. The zero-order valence-corrected chi connectivity index (χ0v) is 25.9. The Morgan fingerprint density at radius 2 is 1.70 bits per heavy atom. The highest BCUT2D eigenvalue weighted by Gasteiger charge is 2.35. The molecule has 0 bridgehead atoms. The van der Waals surface area contributed by atoms with E-state index in [9.17, 15) is 13.2 Å². The van der Waals surface area contributed by atoms with Gasteiger partial charge in [0.1, 0.15) is 17.0 Å². The van der Waals surface area contributed by atoms with Crippen molar-refractivity contribution in [2.45, 2.75) is 77.7 Å². The Hall–Kier alpha value is -2.69. The van der Waals surface area contributed by atoms with Crippen LogP contribution in [0.1, 0.15) is 53.8 Å². The summed E-state index contributed by atoms with van der Waals surface area (Å²) >= 11 is 1.09. The second kappa shape index (κ2) is 11.7. The molecule has 1 N–H and O–H groups in total. The number of benzene rings is 1. The highest BCUT2D eigenvalue weighted by molar-refractivity contribution is 7.18. The summed E-state index contributed by atoms with van der Waals surface area (Å²) in [5, 5.41) is 5.57. The zero-order valence-electron chi connectivity index (χ0n) is 25.1. The molecule has 3 aromatic heterocycles. The van der Waals surface area contributed by atoms with E-state index >= 15 is 0 Å². The molecule has 5 heterocycles. The van der Waals surface area contributed by atoms with Crippen LogP contribution in [0.4, 0.5) is 19.0 Å². The Morgan fingerprint density at radius 1 is 0.930 bits per heavy atom. The molecule has 10 heteroatoms. The van der Waals surface area contributed by atoms with Crippen LogP contribution >= 0.6 is 11.3 Å². The van der Waals surface area contributed by atoms with Crippen molar-refractivity contribution in [2.24, 2.45) is 11.8 Å². The van der Waals surface area contributed by atoms with Crippen LogP contribution in [0.15, 0.2) is 30.6 Å². The van der Waals surface area contributed by atoms with Crippen molar-refractivity contribution in [2.75, 3.05) is 38.0 Å². The quantitative estimate of drug-likeness (QED) is 0.229. The largest absolute Gasteiger partial charge is 0.393 e. The van der Waals surface area contributed by atoms with Gasteiger partial charge in [-0.15, -0.1) is 11.3 Å². The van der Waals surface area contributed by atoms with Crippen LogP contribution in [-0.2, 0) is 19.5 Å². The van der Waals surface area contributed by atoms with Crippen molar-refractivity contribution in [1.29, 1.82) is 0 Å². The van der Waals surface area contributed by atoms with Gasteiger partial charge in [0, 0.05) is 73.3 Å². The predicted octanol–water partition coefficient (Wildman–Crippen LogP) is 7.18. The predicted molar refractivity (Wildman–Crippen MR) is 168 cm³/mol. The first-order valence-corrected chi connectivity index (χ1v) is 16.6. The number of hydrogen-bond acceptors (Lipinski definition) is 6. The fourth-order valence-electron chi connectivity index (χ4n) is 7.85. The van der Waals surface area contributed by atoms with Gasteiger partial charge in [-0.2, -0.15) is 13.2 Å². The lowest BCUT2D eigenvalue weighted by atomic mass is 10.0. The van der Waals surface area contributed by atoms with Gasteiger partial charge in [0.25, 0.3) is 0 Å². The molecular formula is C33H41F3N6S. The minimum Gasteiger partial charge on any atom is -0.367 e. The molecule has 4 aromatic rings. The van der Waals surface area contributed by atoms with E-state index < -0.39 is 12.6 Å². The number of alkyl halides is 3. The molecule has 3 fully saturated rings. The van der Waals surface area contributed by atoms with Crippen molar-refractivity contribution < 1.29 is 13.2 Å². The Balaban J connectivity index is 0.962. The Kier molecular flexibility index (Phi) is 7.88. The molecule has 0 amide bonds. The summed E-state index contributed by atoms with van der Waals surface area (Å²) in [6.07, 6.45) is 2.49. The number of halogens is 3. The van der Waals surface area contributed by atoms with E-state index in [0.717, 1.165) is 68.7 Å². The Labute approximate surface area is 255 Å². The van der Waals surface area contributed by atoms with Gasteiger partial charge in [-0.25, -0.2) is 9.97 Å². The van der Waals surface area contributed by atoms with E-state index in [0.29, 0.717) is 16.0 Å². The lowest BCUT2D eigenvalue weighted by molar-refractivity contribution is -0.126. The fraction of sp³-hybridized carbons (Fsp3) is 0.576. The molecule has 0 spiro atoms. The third-order valence-corrected chi connectivity index (χ3v) is 11.2. The number of aryl methyl sites for hydroxylation is 2. The first-order valence-electron chi connectivity index (χ1n) is 15.8. The highest BCUT2D eigenvalue weighted by atomic mass is 32.1. The molecule has 2 saturated heterocycles. The highest BCUT2D eigenvalue weighted by Crippen LogP contribution is 2.38. The number of hydrogen-bond donors (Lipinski definition) is 1. The topological polar surface area (TPSA) is 49.2 Å². The maximum Gasteiger partial charge on any atom is 0.393 e. The van der Waals surface area contributed by atoms with Crippen molar-refractivity contribution in [3.8, 4) is 0 Å². The number of piperidine rings is 1. The molecule has 6 nitrogen and oxygen atoms in total. The maximum absolute atomic E-state index is 12.9. The summed E-state index contributed by atoms with van der Waals surface area (Å²) < 4.78 is 41.3. The van der Waals surface area contributed by atoms with Gasteiger partial charge in [0.2, 0.25) is 0 Å². The van der Waals surface area contributed by atoms with Crippen LogP contribution in [0.2, 0.25) is 0 Å². The van der Waals surface area contributed by atoms with Gasteiger partial charge in [0.15, 0.2) is 0 Å². The number of anilines is 1. The molecule has 3 aliphatic rings. The summed E-state index contributed by atoms with van der Waals surface area (Å²) in [5.74, 6) is 2.52. The van der Waals surface area contributed by atoms with Crippen molar-refractivity contribution in [1.82, 2.24) is 24.3 Å². The summed E-state index contributed by atoms with van der Waals surface area (Å²) in [4.78, 5) is 14.7. The van der Waals surface area contributed by atoms with Crippen LogP contribution in [-0.4, -0.2) is 69.3 Å². The standard InChI is InChI=1S/C33H41F3N6S/c1-21-14-28-22(2)23(6-7-30(28)42(21)13-12-41-18-24-4-3-5-25(24)19-41)17-40-10-8-26(9-11-40)39-31-29-15-27(16-33(34,35)36)43-32(29)38-20-37-31/h6-7,14-15,20,24-26H,3-5,8-13,16-19H2,1-2H3,(H,37,38,39). The SMILES string of the molecule is Cc1c(CN2CCC(Nc3ncnc4sc(CC(F)(F)F)cc34)CC2)ccc2c1cc(C)n2CCN1CC2CCCC2C1. The molecule has 1 aromatic carbocycles. The Morgan fingerprint density at radius 3 is 2.44 bits per heavy atom. The van der Waals surface area contributed by atoms with Crippen molar-refractivity contribution in [3.05, 3.63) is 52.3 Å². The van der Waals surface area contributed by atoms with Crippen molar-refractivity contribution in [3.63, 3.8) is 0 Å². The van der Waals surface area contributed by atoms with Crippen LogP contribution in [0.3, 0.4) is 0 Å². The van der Waals surface area contributed by atoms with Crippen LogP contribution in [0, 0.1) is 25.7 Å². The van der Waals surface area contributed by atoms with Gasteiger partial charge in [0.05, 0.1) is 11.8 Å². The van der Waals surface area contributed by atoms with E-state index in [-0.39, 0.29) is 10.9 Å². The van der Waals surface area contributed by atoms with E-state index in [1.54, 1.807) is 6.07 Å². The molecule has 7 rings (SSSR count). The average molecular weight is 611 g/mol. The third-order valence-electron chi connectivity index (χ3n) is 10.2. The smallest absolute Gasteiger partial charge is 0.367 e. The monoisotopic (exact) mass is 610 g/mol. The normalized spacial score (nSPS) is 22.3. The second-order valence-corrected chi connectivity index (χ2v) is 14.2. The first kappa shape index (κ1) is 29.0. The van der Waals surface area contributed by atoms with Crippen LogP contribution in [0.25, 0.3) is 21.1 Å². The number of nitrogens with one attached hydrogen (secondary N) is 1. The average Bonchev–Trinajstić information content (AvgIpc) is 3.72. The number of rotatable bonds is 8. The van der Waals surface area contributed by atoms with Crippen LogP contribution in [0.5, 0.6) is 0 Å². The van der Waals surface area contributed by atoms with Gasteiger partial charge in [-0.05, 0) is 80.7 Å². The number of likely N-dealkylation sites (tertiary alicyclic amines) is 2. The lowest BCUT2D eigenvalue weighted by Gasteiger charge is -2.33. The van der Waals surface area contributed by atoms with E-state index in [2.05, 4.69) is 61.7 Å². The summed E-state index contributed by atoms with van der Waals surface area (Å²) in [6, 6.07) is 8.85. The number of aromatic nitrogens is 3. The minimum atomic E-state index is -4.23. The molecule has 230 valence electrons. The summed E-state index contributed by atoms with van der Waals surface area (Å²) in [7, 11) is 0. The van der Waals surface area contributed by atoms with Gasteiger partial charge in [-0.3, -0.25) is 4.90 Å². The Bertz CT molecular complexity index is 1590. The third kappa shape index (κ3) is 6.15. The molecule has 2 atom stereocenters. The molecule has 43 heavy (non-hydrogen) atoms. The minimum absolute atomic E-state index is 0.232. The van der Waals surface area contributed by atoms with E-state index in [4.69, 9.17) is 0 Å². The fourth-order valence-corrected chi connectivity index (χ4v) is 8.88. The van der Waals surface area contributed by atoms with E-state index in [1.807, 2.05) is 0 Å². The number of thiophene rings is 1. The van der Waals surface area contributed by atoms with Crippen LogP contribution < -0.4 is 5.32 Å². The first-order chi connectivity index (χ1) is 20.7.